The van der Waals surface area contributed by atoms with Gasteiger partial charge in [0, 0.05) is 45.3 Å². The largest absolute Gasteiger partial charge is 0.497 e. The summed E-state index contributed by atoms with van der Waals surface area (Å²) in [6.45, 7) is 9.11. The summed E-state index contributed by atoms with van der Waals surface area (Å²) in [5, 5.41) is 3.39. The van der Waals surface area contributed by atoms with E-state index < -0.39 is 0 Å². The molecule has 0 spiro atoms. The molecule has 0 saturated carbocycles. The number of hydrogen-bond acceptors (Lipinski definition) is 4. The van der Waals surface area contributed by atoms with Crippen molar-refractivity contribution < 1.29 is 4.74 Å². The number of methoxy groups -OCH3 is 1. The minimum absolute atomic E-state index is 0.434. The molecule has 1 aliphatic heterocycles. The molecule has 4 heteroatoms. The fraction of sp³-hybridized carbons (Fsp3) is 0.625. The first kappa shape index (κ1) is 15.3. The third-order valence-corrected chi connectivity index (χ3v) is 4.24. The van der Waals surface area contributed by atoms with Crippen molar-refractivity contribution in [3.05, 3.63) is 29.8 Å². The Morgan fingerprint density at radius 3 is 2.50 bits per heavy atom. The average Bonchev–Trinajstić information content (AvgIpc) is 2.53. The van der Waals surface area contributed by atoms with E-state index in [0.717, 1.165) is 31.9 Å². The molecule has 1 fully saturated rings. The molecule has 1 aromatic carbocycles. The monoisotopic (exact) mass is 277 g/mol. The number of nitrogens with zero attached hydrogens (tertiary/aromatic N) is 2. The molecule has 1 atom stereocenters. The van der Waals surface area contributed by atoms with Crippen LogP contribution in [0.3, 0.4) is 0 Å². The van der Waals surface area contributed by atoms with E-state index in [1.54, 1.807) is 7.11 Å². The molecule has 112 valence electrons. The van der Waals surface area contributed by atoms with Crippen LogP contribution in [0.1, 0.15) is 18.5 Å². The Kier molecular flexibility index (Phi) is 5.83. The van der Waals surface area contributed by atoms with E-state index in [-0.39, 0.29) is 0 Å². The number of rotatable bonds is 6. The summed E-state index contributed by atoms with van der Waals surface area (Å²) < 4.78 is 5.21. The SMILES string of the molecule is COc1ccc(C(C)N(C)CCN2CCNCC2)cc1. The van der Waals surface area contributed by atoms with Gasteiger partial charge < -0.3 is 10.1 Å². The van der Waals surface area contributed by atoms with Gasteiger partial charge in [-0.05, 0) is 31.7 Å². The van der Waals surface area contributed by atoms with E-state index in [1.165, 1.54) is 18.7 Å². The summed E-state index contributed by atoms with van der Waals surface area (Å²) in [5.41, 5.74) is 1.34. The van der Waals surface area contributed by atoms with Gasteiger partial charge in [0.1, 0.15) is 5.75 Å². The van der Waals surface area contributed by atoms with E-state index in [2.05, 4.69) is 41.2 Å². The second kappa shape index (κ2) is 7.62. The van der Waals surface area contributed by atoms with Crippen molar-refractivity contribution in [3.63, 3.8) is 0 Å². The van der Waals surface area contributed by atoms with Gasteiger partial charge in [-0.1, -0.05) is 12.1 Å². The minimum atomic E-state index is 0.434. The van der Waals surface area contributed by atoms with E-state index in [1.807, 2.05) is 12.1 Å². The van der Waals surface area contributed by atoms with Crippen LogP contribution in [0.15, 0.2) is 24.3 Å². The Labute approximate surface area is 122 Å². The maximum absolute atomic E-state index is 5.21. The van der Waals surface area contributed by atoms with E-state index in [4.69, 9.17) is 4.74 Å². The van der Waals surface area contributed by atoms with Crippen LogP contribution in [-0.2, 0) is 0 Å². The van der Waals surface area contributed by atoms with Crippen molar-refractivity contribution in [1.82, 2.24) is 15.1 Å². The molecule has 0 radical (unpaired) electrons. The van der Waals surface area contributed by atoms with Crippen molar-refractivity contribution in [2.24, 2.45) is 0 Å². The molecular weight excluding hydrogens is 250 g/mol. The summed E-state index contributed by atoms with van der Waals surface area (Å²) >= 11 is 0. The minimum Gasteiger partial charge on any atom is -0.497 e. The smallest absolute Gasteiger partial charge is 0.118 e. The molecule has 1 saturated heterocycles. The van der Waals surface area contributed by atoms with Gasteiger partial charge in [-0.15, -0.1) is 0 Å². The van der Waals surface area contributed by atoms with Crippen LogP contribution in [-0.4, -0.2) is 63.2 Å². The van der Waals surface area contributed by atoms with Crippen LogP contribution in [0.2, 0.25) is 0 Å². The molecule has 1 aliphatic rings. The molecule has 1 N–H and O–H groups in total. The van der Waals surface area contributed by atoms with Crippen LogP contribution >= 0.6 is 0 Å². The molecule has 4 nitrogen and oxygen atoms in total. The van der Waals surface area contributed by atoms with Gasteiger partial charge in [0.2, 0.25) is 0 Å². The Hall–Kier alpha value is -1.10. The summed E-state index contributed by atoms with van der Waals surface area (Å²) in [6.07, 6.45) is 0. The Morgan fingerprint density at radius 2 is 1.90 bits per heavy atom. The Bertz CT molecular complexity index is 387. The molecule has 1 heterocycles. The van der Waals surface area contributed by atoms with Gasteiger partial charge in [0.25, 0.3) is 0 Å². The topological polar surface area (TPSA) is 27.7 Å². The fourth-order valence-electron chi connectivity index (χ4n) is 2.56. The first-order valence-electron chi connectivity index (χ1n) is 7.48. The highest BCUT2D eigenvalue weighted by Crippen LogP contribution is 2.21. The highest BCUT2D eigenvalue weighted by Gasteiger charge is 2.14. The van der Waals surface area contributed by atoms with Crippen LogP contribution in [0, 0.1) is 0 Å². The molecular formula is C16H27N3O. The maximum atomic E-state index is 5.21. The van der Waals surface area contributed by atoms with E-state index in [9.17, 15) is 0 Å². The first-order valence-corrected chi connectivity index (χ1v) is 7.48. The number of piperazine rings is 1. The van der Waals surface area contributed by atoms with Crippen molar-refractivity contribution >= 4 is 0 Å². The van der Waals surface area contributed by atoms with Crippen LogP contribution in [0.25, 0.3) is 0 Å². The molecule has 0 amide bonds. The number of ether oxygens (including phenoxy) is 1. The van der Waals surface area contributed by atoms with Crippen molar-refractivity contribution in [1.29, 1.82) is 0 Å². The number of nitrogens with one attached hydrogen (secondary N) is 1. The second-order valence-electron chi connectivity index (χ2n) is 5.52. The highest BCUT2D eigenvalue weighted by molar-refractivity contribution is 5.28. The summed E-state index contributed by atoms with van der Waals surface area (Å²) in [6, 6.07) is 8.82. The normalized spacial score (nSPS) is 18.2. The number of likely N-dealkylation sites (N-methyl/N-ethyl adjacent to an activating group) is 1. The van der Waals surface area contributed by atoms with Gasteiger partial charge >= 0.3 is 0 Å². The third kappa shape index (κ3) is 4.20. The third-order valence-electron chi connectivity index (χ3n) is 4.24. The van der Waals surface area contributed by atoms with Gasteiger partial charge in [-0.25, -0.2) is 0 Å². The molecule has 0 bridgehead atoms. The molecule has 0 aliphatic carbocycles. The maximum Gasteiger partial charge on any atom is 0.118 e. The van der Waals surface area contributed by atoms with Gasteiger partial charge in [0.15, 0.2) is 0 Å². The predicted molar refractivity (Wildman–Crippen MR) is 83.3 cm³/mol. The summed E-state index contributed by atoms with van der Waals surface area (Å²) in [5.74, 6) is 0.921. The lowest BCUT2D eigenvalue weighted by Gasteiger charge is -2.31. The molecule has 20 heavy (non-hydrogen) atoms. The van der Waals surface area contributed by atoms with Crippen LogP contribution in [0.5, 0.6) is 5.75 Å². The van der Waals surface area contributed by atoms with Crippen LogP contribution in [0.4, 0.5) is 0 Å². The summed E-state index contributed by atoms with van der Waals surface area (Å²) in [7, 11) is 3.91. The van der Waals surface area contributed by atoms with Crippen molar-refractivity contribution in [3.8, 4) is 5.75 Å². The predicted octanol–water partition coefficient (Wildman–Crippen LogP) is 1.59. The fourth-order valence-corrected chi connectivity index (χ4v) is 2.56. The summed E-state index contributed by atoms with van der Waals surface area (Å²) in [4.78, 5) is 4.96. The number of hydrogen-bond donors (Lipinski definition) is 1. The standard InChI is InChI=1S/C16H27N3O/c1-14(15-4-6-16(20-3)7-5-15)18(2)12-13-19-10-8-17-9-11-19/h4-7,14,17H,8-13H2,1-3H3. The zero-order valence-corrected chi connectivity index (χ0v) is 12.9. The zero-order valence-electron chi connectivity index (χ0n) is 12.9. The van der Waals surface area contributed by atoms with Crippen molar-refractivity contribution in [2.75, 3.05) is 53.4 Å². The van der Waals surface area contributed by atoms with Gasteiger partial charge in [-0.3, -0.25) is 9.80 Å². The molecule has 1 unspecified atom stereocenters. The van der Waals surface area contributed by atoms with Gasteiger partial charge in [0.05, 0.1) is 7.11 Å². The molecule has 2 rings (SSSR count). The molecule has 1 aromatic rings. The van der Waals surface area contributed by atoms with Crippen molar-refractivity contribution in [2.45, 2.75) is 13.0 Å². The average molecular weight is 277 g/mol. The van der Waals surface area contributed by atoms with Gasteiger partial charge in [-0.2, -0.15) is 0 Å². The Balaban J connectivity index is 1.82. The Morgan fingerprint density at radius 1 is 1.25 bits per heavy atom. The zero-order chi connectivity index (χ0) is 14.4. The highest BCUT2D eigenvalue weighted by atomic mass is 16.5. The molecule has 0 aromatic heterocycles. The lowest BCUT2D eigenvalue weighted by molar-refractivity contribution is 0.183. The van der Waals surface area contributed by atoms with E-state index in [0.29, 0.717) is 6.04 Å². The second-order valence-corrected chi connectivity index (χ2v) is 5.52. The lowest BCUT2D eigenvalue weighted by Crippen LogP contribution is -2.46. The quantitative estimate of drug-likeness (QED) is 0.855. The first-order chi connectivity index (χ1) is 9.70. The van der Waals surface area contributed by atoms with E-state index >= 15 is 0 Å². The number of benzene rings is 1. The lowest BCUT2D eigenvalue weighted by atomic mass is 10.1. The van der Waals surface area contributed by atoms with Crippen LogP contribution < -0.4 is 10.1 Å².